The zero-order chi connectivity index (χ0) is 22.3. The molecule has 3 aromatic heterocycles. The van der Waals surface area contributed by atoms with Gasteiger partial charge in [-0.2, -0.15) is 5.10 Å². The van der Waals surface area contributed by atoms with Gasteiger partial charge in [-0.15, -0.1) is 11.8 Å². The number of carbonyl (C=O) groups is 2. The third kappa shape index (κ3) is 5.35. The Morgan fingerprint density at radius 2 is 1.93 bits per heavy atom. The van der Waals surface area contributed by atoms with Crippen LogP contribution in [0.3, 0.4) is 0 Å². The van der Waals surface area contributed by atoms with Crippen LogP contribution in [-0.4, -0.2) is 37.5 Å². The standard InChI is InChI=1S/C18H19N5OS.C2H6.CH3NO/c1-10-5-16(11(2)24)20-7-14(10)13-6-15(19)18(25-8-12-3-4-12)23-17(13)21-9-22-23;1-2;2-1-3/h5-7,9,12H,3-4,8,19H2,1-2H3;1-2H3;1H,(H2,2,3). The molecule has 0 bridgehead atoms. The molecule has 0 aliphatic heterocycles. The first-order valence-electron chi connectivity index (χ1n) is 9.84. The summed E-state index contributed by atoms with van der Waals surface area (Å²) >= 11 is 1.74. The van der Waals surface area contributed by atoms with E-state index >= 15 is 0 Å². The van der Waals surface area contributed by atoms with Crippen molar-refractivity contribution in [2.24, 2.45) is 11.7 Å². The molecular weight excluding hydrogens is 400 g/mol. The van der Waals surface area contributed by atoms with Crippen molar-refractivity contribution >= 4 is 35.3 Å². The van der Waals surface area contributed by atoms with Crippen LogP contribution in [0.2, 0.25) is 0 Å². The number of thioether (sulfide) groups is 1. The SMILES string of the molecule is CC.CC(=O)c1cc(C)c(-c2cc(N)c(SCC3CC3)n3ncnc23)cn1.NC=O. The summed E-state index contributed by atoms with van der Waals surface area (Å²) in [5.41, 5.74) is 15.2. The number of pyridine rings is 2. The molecule has 1 aliphatic rings. The lowest BCUT2D eigenvalue weighted by atomic mass is 10.0. The lowest BCUT2D eigenvalue weighted by Gasteiger charge is -2.13. The van der Waals surface area contributed by atoms with Gasteiger partial charge in [-0.1, -0.05) is 13.8 Å². The first kappa shape index (κ1) is 23.3. The summed E-state index contributed by atoms with van der Waals surface area (Å²) in [6.07, 6.45) is 6.12. The summed E-state index contributed by atoms with van der Waals surface area (Å²) in [6.45, 7) is 7.48. The number of amides is 1. The van der Waals surface area contributed by atoms with E-state index in [1.165, 1.54) is 19.8 Å². The van der Waals surface area contributed by atoms with E-state index in [-0.39, 0.29) is 12.2 Å². The van der Waals surface area contributed by atoms with E-state index < -0.39 is 0 Å². The number of nitrogen functional groups attached to an aromatic ring is 1. The van der Waals surface area contributed by atoms with Gasteiger partial charge in [-0.3, -0.25) is 14.6 Å². The van der Waals surface area contributed by atoms with Gasteiger partial charge in [0.1, 0.15) is 17.0 Å². The molecule has 9 heteroatoms. The van der Waals surface area contributed by atoms with E-state index in [1.807, 2.05) is 31.4 Å². The van der Waals surface area contributed by atoms with E-state index in [2.05, 4.69) is 20.8 Å². The average Bonchev–Trinajstić information content (AvgIpc) is 3.43. The minimum absolute atomic E-state index is 0.0476. The summed E-state index contributed by atoms with van der Waals surface area (Å²) < 4.78 is 1.82. The minimum Gasteiger partial charge on any atom is -0.397 e. The van der Waals surface area contributed by atoms with Gasteiger partial charge in [0.2, 0.25) is 6.41 Å². The predicted octanol–water partition coefficient (Wildman–Crippen LogP) is 3.51. The Morgan fingerprint density at radius 3 is 2.50 bits per heavy atom. The number of hydrogen-bond acceptors (Lipinski definition) is 7. The number of nitrogens with two attached hydrogens (primary N) is 2. The van der Waals surface area contributed by atoms with Crippen LogP contribution >= 0.6 is 11.8 Å². The van der Waals surface area contributed by atoms with Crippen molar-refractivity contribution in [3.05, 3.63) is 35.9 Å². The maximum absolute atomic E-state index is 11.5. The minimum atomic E-state index is -0.0476. The highest BCUT2D eigenvalue weighted by Gasteiger charge is 2.23. The molecule has 1 fully saturated rings. The van der Waals surface area contributed by atoms with E-state index in [0.717, 1.165) is 39.0 Å². The Labute approximate surface area is 180 Å². The molecule has 3 aromatic rings. The molecule has 0 radical (unpaired) electrons. The molecule has 8 nitrogen and oxygen atoms in total. The molecular formula is C21H28N6O2S. The maximum Gasteiger partial charge on any atom is 0.204 e. The molecule has 0 spiro atoms. The van der Waals surface area contributed by atoms with Crippen molar-refractivity contribution in [2.75, 3.05) is 11.5 Å². The second kappa shape index (κ2) is 10.7. The van der Waals surface area contributed by atoms with Gasteiger partial charge in [-0.25, -0.2) is 9.50 Å². The number of nitrogens with zero attached hydrogens (tertiary/aromatic N) is 4. The summed E-state index contributed by atoms with van der Waals surface area (Å²) in [5, 5.41) is 5.31. The third-order valence-electron chi connectivity index (χ3n) is 4.44. The number of aromatic nitrogens is 4. The van der Waals surface area contributed by atoms with Gasteiger partial charge in [0.25, 0.3) is 0 Å². The number of carbonyl (C=O) groups excluding carboxylic acids is 2. The number of anilines is 1. The molecule has 1 aliphatic carbocycles. The lowest BCUT2D eigenvalue weighted by Crippen LogP contribution is -2.03. The second-order valence-corrected chi connectivity index (χ2v) is 7.65. The van der Waals surface area contributed by atoms with E-state index in [1.54, 1.807) is 30.4 Å². The number of fused-ring (bicyclic) bond motifs is 1. The Morgan fingerprint density at radius 1 is 1.27 bits per heavy atom. The van der Waals surface area contributed by atoms with E-state index in [9.17, 15) is 4.79 Å². The number of ketones is 1. The fourth-order valence-corrected chi connectivity index (χ4v) is 4.04. The summed E-state index contributed by atoms with van der Waals surface area (Å²) in [4.78, 5) is 28.8. The van der Waals surface area contributed by atoms with Crippen LogP contribution in [-0.2, 0) is 4.79 Å². The smallest absolute Gasteiger partial charge is 0.204 e. The largest absolute Gasteiger partial charge is 0.397 e. The molecule has 3 heterocycles. The third-order valence-corrected chi connectivity index (χ3v) is 5.76. The monoisotopic (exact) mass is 428 g/mol. The zero-order valence-corrected chi connectivity index (χ0v) is 18.6. The number of primary amides is 1. The highest BCUT2D eigenvalue weighted by Crippen LogP contribution is 2.38. The van der Waals surface area contributed by atoms with Gasteiger partial charge < -0.3 is 11.5 Å². The molecule has 0 unspecified atom stereocenters. The normalized spacial score (nSPS) is 12.4. The predicted molar refractivity (Wildman–Crippen MR) is 120 cm³/mol. The molecule has 1 amide bonds. The van der Waals surface area contributed by atoms with Crippen molar-refractivity contribution in [3.63, 3.8) is 0 Å². The second-order valence-electron chi connectivity index (χ2n) is 6.65. The van der Waals surface area contributed by atoms with E-state index in [0.29, 0.717) is 11.4 Å². The molecule has 0 aromatic carbocycles. The summed E-state index contributed by atoms with van der Waals surface area (Å²) in [6, 6.07) is 3.74. The van der Waals surface area contributed by atoms with Crippen molar-refractivity contribution in [1.29, 1.82) is 0 Å². The molecule has 1 saturated carbocycles. The highest BCUT2D eigenvalue weighted by molar-refractivity contribution is 7.99. The molecule has 4 rings (SSSR count). The highest BCUT2D eigenvalue weighted by atomic mass is 32.2. The maximum atomic E-state index is 11.5. The van der Waals surface area contributed by atoms with Crippen LogP contribution in [0.4, 0.5) is 5.69 Å². The lowest BCUT2D eigenvalue weighted by molar-refractivity contribution is -0.106. The van der Waals surface area contributed by atoms with Crippen molar-refractivity contribution in [3.8, 4) is 11.1 Å². The Bertz CT molecular complexity index is 1030. The van der Waals surface area contributed by atoms with Gasteiger partial charge in [0, 0.05) is 30.0 Å². The first-order valence-corrected chi connectivity index (χ1v) is 10.8. The van der Waals surface area contributed by atoms with Gasteiger partial charge >= 0.3 is 0 Å². The van der Waals surface area contributed by atoms with Crippen LogP contribution in [0.5, 0.6) is 0 Å². The number of rotatable bonds is 5. The molecule has 160 valence electrons. The molecule has 4 N–H and O–H groups in total. The fraction of sp³-hybridized carbons (Fsp3) is 0.381. The Balaban J connectivity index is 0.000000590. The van der Waals surface area contributed by atoms with Crippen LogP contribution in [0.1, 0.15) is 49.7 Å². The van der Waals surface area contributed by atoms with Crippen molar-refractivity contribution in [2.45, 2.75) is 45.6 Å². The number of hydrogen-bond donors (Lipinski definition) is 2. The Kier molecular flexibility index (Phi) is 8.35. The molecule has 30 heavy (non-hydrogen) atoms. The van der Waals surface area contributed by atoms with Crippen LogP contribution in [0.25, 0.3) is 16.8 Å². The molecule has 0 saturated heterocycles. The fourth-order valence-electron chi connectivity index (χ4n) is 2.83. The Hall–Kier alpha value is -2.94. The molecule has 0 atom stereocenters. The summed E-state index contributed by atoms with van der Waals surface area (Å²) in [5.74, 6) is 1.81. The zero-order valence-electron chi connectivity index (χ0n) is 17.8. The van der Waals surface area contributed by atoms with Gasteiger partial charge in [-0.05, 0) is 43.4 Å². The summed E-state index contributed by atoms with van der Waals surface area (Å²) in [7, 11) is 0. The van der Waals surface area contributed by atoms with Gasteiger partial charge in [0.05, 0.1) is 5.69 Å². The number of Topliss-reactive ketones (excluding diaryl/α,β-unsaturated/α-hetero) is 1. The van der Waals surface area contributed by atoms with Crippen LogP contribution in [0.15, 0.2) is 29.7 Å². The van der Waals surface area contributed by atoms with Crippen LogP contribution in [0, 0.1) is 12.8 Å². The van der Waals surface area contributed by atoms with Crippen molar-refractivity contribution in [1.82, 2.24) is 19.6 Å². The topological polar surface area (TPSA) is 129 Å². The van der Waals surface area contributed by atoms with E-state index in [4.69, 9.17) is 10.5 Å². The van der Waals surface area contributed by atoms with Crippen LogP contribution < -0.4 is 11.5 Å². The average molecular weight is 429 g/mol. The van der Waals surface area contributed by atoms with Gasteiger partial charge in [0.15, 0.2) is 11.4 Å². The number of aryl methyl sites for hydroxylation is 1. The quantitative estimate of drug-likeness (QED) is 0.361. The van der Waals surface area contributed by atoms with Crippen molar-refractivity contribution < 1.29 is 9.59 Å². The first-order chi connectivity index (χ1) is 14.5.